The summed E-state index contributed by atoms with van der Waals surface area (Å²) in [6.45, 7) is 1.90. The number of nitrogens with zero attached hydrogens (tertiary/aromatic N) is 2. The molecule has 1 aliphatic rings. The van der Waals surface area contributed by atoms with E-state index in [0.29, 0.717) is 11.4 Å². The van der Waals surface area contributed by atoms with E-state index in [1.54, 1.807) is 12.3 Å². The minimum absolute atomic E-state index is 0.0415. The van der Waals surface area contributed by atoms with E-state index in [-0.39, 0.29) is 11.8 Å². The van der Waals surface area contributed by atoms with Crippen LogP contribution in [0, 0.1) is 12.8 Å². The van der Waals surface area contributed by atoms with Crippen molar-refractivity contribution in [3.63, 3.8) is 0 Å². The van der Waals surface area contributed by atoms with E-state index >= 15 is 0 Å². The molecule has 6 heteroatoms. The van der Waals surface area contributed by atoms with Gasteiger partial charge < -0.3 is 10.1 Å². The summed E-state index contributed by atoms with van der Waals surface area (Å²) in [7, 11) is 1.35. The quantitative estimate of drug-likeness (QED) is 0.716. The molecule has 0 bridgehead atoms. The van der Waals surface area contributed by atoms with Crippen molar-refractivity contribution in [2.45, 2.75) is 19.8 Å². The Morgan fingerprint density at radius 3 is 2.63 bits per heavy atom. The lowest BCUT2D eigenvalue weighted by molar-refractivity contribution is -0.117. The second-order valence-corrected chi connectivity index (χ2v) is 6.74. The van der Waals surface area contributed by atoms with Gasteiger partial charge in [0.15, 0.2) is 0 Å². The van der Waals surface area contributed by atoms with Crippen molar-refractivity contribution in [1.29, 1.82) is 0 Å². The minimum atomic E-state index is -0.415. The Labute approximate surface area is 156 Å². The fourth-order valence-corrected chi connectivity index (χ4v) is 3.01. The number of pyridine rings is 2. The van der Waals surface area contributed by atoms with Crippen LogP contribution < -0.4 is 5.32 Å². The largest absolute Gasteiger partial charge is 0.465 e. The average Bonchev–Trinajstić information content (AvgIpc) is 3.53. The molecule has 2 aromatic heterocycles. The zero-order valence-corrected chi connectivity index (χ0v) is 15.2. The smallest absolute Gasteiger partial charge is 0.339 e. The van der Waals surface area contributed by atoms with Crippen LogP contribution in [0.2, 0.25) is 0 Å². The molecule has 1 fully saturated rings. The molecular formula is C21H19N3O3. The fraction of sp³-hybridized carbons (Fsp3) is 0.238. The number of anilines is 1. The van der Waals surface area contributed by atoms with E-state index in [9.17, 15) is 9.59 Å². The highest BCUT2D eigenvalue weighted by Gasteiger charge is 2.29. The molecule has 0 saturated heterocycles. The summed E-state index contributed by atoms with van der Waals surface area (Å²) in [5.41, 5.74) is 3.04. The summed E-state index contributed by atoms with van der Waals surface area (Å²) in [6, 6.07) is 9.60. The van der Waals surface area contributed by atoms with Crippen molar-refractivity contribution in [1.82, 2.24) is 9.97 Å². The maximum atomic E-state index is 11.9. The SMILES string of the molecule is COC(=O)c1cnc(C)c(-c2ccc3cc(NC(=O)C4CC4)ncc3c2)c1. The molecule has 1 aliphatic carbocycles. The third-order valence-corrected chi connectivity index (χ3v) is 4.74. The Morgan fingerprint density at radius 2 is 1.89 bits per heavy atom. The number of aryl methyl sites for hydroxylation is 1. The molecule has 27 heavy (non-hydrogen) atoms. The van der Waals surface area contributed by atoms with Crippen molar-refractivity contribution in [3.05, 3.63) is 54.0 Å². The molecule has 6 nitrogen and oxygen atoms in total. The number of ether oxygens (including phenoxy) is 1. The maximum Gasteiger partial charge on any atom is 0.339 e. The van der Waals surface area contributed by atoms with Crippen LogP contribution in [0.1, 0.15) is 28.9 Å². The van der Waals surface area contributed by atoms with Crippen molar-refractivity contribution in [2.24, 2.45) is 5.92 Å². The third kappa shape index (κ3) is 3.51. The molecule has 136 valence electrons. The summed E-state index contributed by atoms with van der Waals surface area (Å²) in [5.74, 6) is 0.335. The van der Waals surface area contributed by atoms with E-state index in [1.807, 2.05) is 31.2 Å². The number of amides is 1. The topological polar surface area (TPSA) is 81.2 Å². The lowest BCUT2D eigenvalue weighted by atomic mass is 10.00. The molecule has 0 radical (unpaired) electrons. The second-order valence-electron chi connectivity index (χ2n) is 6.74. The first-order valence-corrected chi connectivity index (χ1v) is 8.81. The van der Waals surface area contributed by atoms with Crippen LogP contribution in [0.3, 0.4) is 0 Å². The predicted octanol–water partition coefficient (Wildman–Crippen LogP) is 3.74. The number of nitrogens with one attached hydrogen (secondary N) is 1. The molecule has 1 N–H and O–H groups in total. The minimum Gasteiger partial charge on any atom is -0.465 e. The lowest BCUT2D eigenvalue weighted by Gasteiger charge is -2.10. The van der Waals surface area contributed by atoms with Crippen molar-refractivity contribution in [3.8, 4) is 11.1 Å². The monoisotopic (exact) mass is 361 g/mol. The van der Waals surface area contributed by atoms with Gasteiger partial charge in [-0.25, -0.2) is 9.78 Å². The van der Waals surface area contributed by atoms with Crippen LogP contribution in [-0.4, -0.2) is 29.0 Å². The van der Waals surface area contributed by atoms with Crippen molar-refractivity contribution < 1.29 is 14.3 Å². The number of fused-ring (bicyclic) bond motifs is 1. The molecule has 2 heterocycles. The molecule has 1 aromatic carbocycles. The number of hydrogen-bond acceptors (Lipinski definition) is 5. The molecule has 1 saturated carbocycles. The van der Waals surface area contributed by atoms with E-state index in [1.165, 1.54) is 13.3 Å². The Balaban J connectivity index is 1.67. The first-order chi connectivity index (χ1) is 13.0. The van der Waals surface area contributed by atoms with Gasteiger partial charge in [0, 0.05) is 35.0 Å². The van der Waals surface area contributed by atoms with Crippen molar-refractivity contribution in [2.75, 3.05) is 12.4 Å². The summed E-state index contributed by atoms with van der Waals surface area (Å²) in [4.78, 5) is 32.4. The maximum absolute atomic E-state index is 11.9. The first kappa shape index (κ1) is 17.1. The molecule has 0 unspecified atom stereocenters. The number of aromatic nitrogens is 2. The highest BCUT2D eigenvalue weighted by atomic mass is 16.5. The van der Waals surface area contributed by atoms with Gasteiger partial charge in [-0.1, -0.05) is 12.1 Å². The van der Waals surface area contributed by atoms with Gasteiger partial charge in [-0.3, -0.25) is 9.78 Å². The first-order valence-electron chi connectivity index (χ1n) is 8.81. The number of esters is 1. The summed E-state index contributed by atoms with van der Waals surface area (Å²) >= 11 is 0. The van der Waals surface area contributed by atoms with Gasteiger partial charge in [0.1, 0.15) is 5.82 Å². The van der Waals surface area contributed by atoms with Crippen LogP contribution in [0.25, 0.3) is 21.9 Å². The van der Waals surface area contributed by atoms with Crippen LogP contribution in [0.5, 0.6) is 0 Å². The van der Waals surface area contributed by atoms with E-state index in [4.69, 9.17) is 4.74 Å². The van der Waals surface area contributed by atoms with Crippen LogP contribution in [-0.2, 0) is 9.53 Å². The highest BCUT2D eigenvalue weighted by molar-refractivity contribution is 5.96. The number of carbonyl (C=O) groups is 2. The molecular weight excluding hydrogens is 342 g/mol. The predicted molar refractivity (Wildman–Crippen MR) is 102 cm³/mol. The van der Waals surface area contributed by atoms with Gasteiger partial charge in [0.2, 0.25) is 5.91 Å². The fourth-order valence-electron chi connectivity index (χ4n) is 3.01. The van der Waals surface area contributed by atoms with Crippen LogP contribution in [0.15, 0.2) is 42.7 Å². The Hall–Kier alpha value is -3.28. The zero-order valence-electron chi connectivity index (χ0n) is 15.2. The lowest BCUT2D eigenvalue weighted by Crippen LogP contribution is -2.14. The normalized spacial score (nSPS) is 13.4. The highest BCUT2D eigenvalue weighted by Crippen LogP contribution is 2.31. The number of rotatable bonds is 4. The van der Waals surface area contributed by atoms with Gasteiger partial charge in [-0.2, -0.15) is 0 Å². The van der Waals surface area contributed by atoms with E-state index in [2.05, 4.69) is 15.3 Å². The molecule has 4 rings (SSSR count). The van der Waals surface area contributed by atoms with E-state index in [0.717, 1.165) is 40.4 Å². The van der Waals surface area contributed by atoms with Crippen molar-refractivity contribution >= 4 is 28.5 Å². The van der Waals surface area contributed by atoms with E-state index < -0.39 is 5.97 Å². The second kappa shape index (κ2) is 6.79. The van der Waals surface area contributed by atoms with Crippen LogP contribution >= 0.6 is 0 Å². The molecule has 1 amide bonds. The average molecular weight is 361 g/mol. The van der Waals surface area contributed by atoms with Crippen LogP contribution in [0.4, 0.5) is 5.82 Å². The number of hydrogen-bond donors (Lipinski definition) is 1. The number of carbonyl (C=O) groups excluding carboxylic acids is 2. The van der Waals surface area contributed by atoms with Gasteiger partial charge in [0.25, 0.3) is 0 Å². The zero-order chi connectivity index (χ0) is 19.0. The summed E-state index contributed by atoms with van der Waals surface area (Å²) < 4.78 is 4.78. The molecule has 3 aromatic rings. The Kier molecular flexibility index (Phi) is 4.32. The number of benzene rings is 1. The standard InChI is InChI=1S/C21H19N3O3/c1-12-18(8-17(11-22-12)21(26)27-2)15-6-5-14-9-19(23-10-16(14)7-15)24-20(25)13-3-4-13/h5-11,13H,3-4H2,1-2H3,(H,23,24,25). The van der Waals surface area contributed by atoms with Gasteiger partial charge in [0.05, 0.1) is 12.7 Å². The Morgan fingerprint density at radius 1 is 1.07 bits per heavy atom. The number of methoxy groups -OCH3 is 1. The summed E-state index contributed by atoms with van der Waals surface area (Å²) in [6.07, 6.45) is 5.18. The molecule has 0 atom stereocenters. The Bertz CT molecular complexity index is 1060. The van der Waals surface area contributed by atoms with Gasteiger partial charge in [-0.05, 0) is 48.9 Å². The van der Waals surface area contributed by atoms with Gasteiger partial charge >= 0.3 is 5.97 Å². The molecule has 0 aliphatic heterocycles. The third-order valence-electron chi connectivity index (χ3n) is 4.74. The van der Waals surface area contributed by atoms with Gasteiger partial charge in [-0.15, -0.1) is 0 Å². The molecule has 0 spiro atoms. The summed E-state index contributed by atoms with van der Waals surface area (Å²) in [5, 5.41) is 4.79.